The van der Waals surface area contributed by atoms with Crippen molar-refractivity contribution in [2.24, 2.45) is 0 Å². The molecule has 2 rings (SSSR count). The van der Waals surface area contributed by atoms with Gasteiger partial charge in [-0.2, -0.15) is 4.31 Å². The van der Waals surface area contributed by atoms with Crippen LogP contribution in [0.25, 0.3) is 0 Å². The molecule has 0 aliphatic carbocycles. The summed E-state index contributed by atoms with van der Waals surface area (Å²) in [5.41, 5.74) is 0.296. The fraction of sp³-hybridized carbons (Fsp3) is 0.385. The fourth-order valence-electron chi connectivity index (χ4n) is 2.36. The van der Waals surface area contributed by atoms with Crippen molar-refractivity contribution in [2.45, 2.75) is 30.7 Å². The van der Waals surface area contributed by atoms with Gasteiger partial charge >= 0.3 is 5.97 Å². The predicted octanol–water partition coefficient (Wildman–Crippen LogP) is 1.54. The highest BCUT2D eigenvalue weighted by atomic mass is 35.5. The molecule has 0 aromatic heterocycles. The summed E-state index contributed by atoms with van der Waals surface area (Å²) in [5, 5.41) is 11.7. The largest absolute Gasteiger partial charge is 0.480 e. The maximum absolute atomic E-state index is 12.6. The molecule has 0 spiro atoms. The fourth-order valence-corrected chi connectivity index (χ4v) is 4.33. The van der Waals surface area contributed by atoms with Crippen molar-refractivity contribution in [2.75, 3.05) is 11.9 Å². The molecular weight excluding hydrogens is 332 g/mol. The second-order valence-electron chi connectivity index (χ2n) is 4.93. The highest BCUT2D eigenvalue weighted by molar-refractivity contribution is 7.89. The van der Waals surface area contributed by atoms with E-state index in [0.29, 0.717) is 12.1 Å². The number of anilines is 1. The molecule has 1 aromatic carbocycles. The number of hydrogen-bond donors (Lipinski definition) is 2. The highest BCUT2D eigenvalue weighted by Crippen LogP contribution is 2.30. The van der Waals surface area contributed by atoms with E-state index in [2.05, 4.69) is 5.32 Å². The molecular formula is C13H15ClN2O5S. The number of benzene rings is 1. The molecule has 120 valence electrons. The molecule has 1 heterocycles. The number of hydrogen-bond acceptors (Lipinski definition) is 4. The lowest BCUT2D eigenvalue weighted by Crippen LogP contribution is -2.40. The van der Waals surface area contributed by atoms with Gasteiger partial charge in [-0.15, -0.1) is 0 Å². The topological polar surface area (TPSA) is 104 Å². The lowest BCUT2D eigenvalue weighted by Gasteiger charge is -2.21. The normalized spacial score (nSPS) is 19.1. The van der Waals surface area contributed by atoms with Crippen LogP contribution in [-0.4, -0.2) is 42.3 Å². The molecule has 0 bridgehead atoms. The maximum Gasteiger partial charge on any atom is 0.322 e. The highest BCUT2D eigenvalue weighted by Gasteiger charge is 2.39. The zero-order chi connectivity index (χ0) is 16.5. The number of rotatable bonds is 4. The van der Waals surface area contributed by atoms with Crippen LogP contribution in [0.4, 0.5) is 5.69 Å². The Bertz CT molecular complexity index is 719. The van der Waals surface area contributed by atoms with Gasteiger partial charge in [-0.25, -0.2) is 8.42 Å². The Kier molecular flexibility index (Phi) is 4.74. The molecule has 0 saturated carbocycles. The van der Waals surface area contributed by atoms with Gasteiger partial charge < -0.3 is 10.4 Å². The lowest BCUT2D eigenvalue weighted by molar-refractivity contribution is -0.140. The molecule has 1 aromatic rings. The number of carbonyl (C=O) groups excluding carboxylic acids is 1. The zero-order valence-electron chi connectivity index (χ0n) is 11.7. The van der Waals surface area contributed by atoms with Crippen LogP contribution in [0.3, 0.4) is 0 Å². The van der Waals surface area contributed by atoms with Gasteiger partial charge in [0, 0.05) is 13.5 Å². The van der Waals surface area contributed by atoms with Crippen LogP contribution >= 0.6 is 11.6 Å². The van der Waals surface area contributed by atoms with Crippen LogP contribution in [0.2, 0.25) is 5.02 Å². The van der Waals surface area contributed by atoms with Gasteiger partial charge in [0.15, 0.2) is 0 Å². The number of sulfonamides is 1. The van der Waals surface area contributed by atoms with E-state index in [4.69, 9.17) is 16.7 Å². The van der Waals surface area contributed by atoms with Crippen molar-refractivity contribution in [1.29, 1.82) is 0 Å². The summed E-state index contributed by atoms with van der Waals surface area (Å²) in [6.07, 6.45) is 0.778. The van der Waals surface area contributed by atoms with Crippen LogP contribution in [0, 0.1) is 0 Å². The smallest absolute Gasteiger partial charge is 0.322 e. The van der Waals surface area contributed by atoms with Crippen LogP contribution in [0.5, 0.6) is 0 Å². The Hall–Kier alpha value is -1.64. The first-order valence-corrected chi connectivity index (χ1v) is 8.37. The number of amides is 1. The van der Waals surface area contributed by atoms with Crippen molar-refractivity contribution in [3.63, 3.8) is 0 Å². The van der Waals surface area contributed by atoms with Crippen LogP contribution in [-0.2, 0) is 19.6 Å². The SMILES string of the molecule is CC(=O)Nc1ccc(S(=O)(=O)N2CCC[C@H]2C(=O)O)cc1Cl. The number of nitrogens with zero attached hydrogens (tertiary/aromatic N) is 1. The molecule has 1 amide bonds. The van der Waals surface area contributed by atoms with E-state index in [1.165, 1.54) is 25.1 Å². The van der Waals surface area contributed by atoms with E-state index in [1.54, 1.807) is 0 Å². The van der Waals surface area contributed by atoms with E-state index >= 15 is 0 Å². The number of carboxylic acids is 1. The summed E-state index contributed by atoms with van der Waals surface area (Å²) in [7, 11) is -3.95. The van der Waals surface area contributed by atoms with Crippen LogP contribution in [0.1, 0.15) is 19.8 Å². The first-order valence-electron chi connectivity index (χ1n) is 6.55. The molecule has 2 N–H and O–H groups in total. The van der Waals surface area contributed by atoms with Crippen LogP contribution in [0.15, 0.2) is 23.1 Å². The Morgan fingerprint density at radius 1 is 1.41 bits per heavy atom. The number of carboxylic acid groups (broad SMARTS) is 1. The molecule has 7 nitrogen and oxygen atoms in total. The van der Waals surface area contributed by atoms with Crippen molar-refractivity contribution in [1.82, 2.24) is 4.31 Å². The molecule has 0 unspecified atom stereocenters. The lowest BCUT2D eigenvalue weighted by atomic mass is 10.2. The summed E-state index contributed by atoms with van der Waals surface area (Å²) in [4.78, 5) is 22.1. The summed E-state index contributed by atoms with van der Waals surface area (Å²) in [5.74, 6) is -1.50. The number of aliphatic carboxylic acids is 1. The number of carbonyl (C=O) groups is 2. The van der Waals surface area contributed by atoms with Crippen molar-refractivity contribution >= 4 is 39.2 Å². The summed E-state index contributed by atoms with van der Waals surface area (Å²) in [6.45, 7) is 1.47. The minimum Gasteiger partial charge on any atom is -0.480 e. The van der Waals surface area contributed by atoms with E-state index in [9.17, 15) is 18.0 Å². The summed E-state index contributed by atoms with van der Waals surface area (Å²) < 4.78 is 26.1. The molecule has 9 heteroatoms. The second kappa shape index (κ2) is 6.23. The van der Waals surface area contributed by atoms with Crippen molar-refractivity contribution in [3.8, 4) is 0 Å². The van der Waals surface area contributed by atoms with Gasteiger partial charge in [0.25, 0.3) is 0 Å². The molecule has 1 fully saturated rings. The van der Waals surface area contributed by atoms with Gasteiger partial charge in [0.2, 0.25) is 15.9 Å². The van der Waals surface area contributed by atoms with E-state index in [1.807, 2.05) is 0 Å². The number of halogens is 1. The molecule has 0 radical (unpaired) electrons. The van der Waals surface area contributed by atoms with Gasteiger partial charge in [-0.1, -0.05) is 11.6 Å². The quantitative estimate of drug-likeness (QED) is 0.860. The van der Waals surface area contributed by atoms with Gasteiger partial charge in [-0.05, 0) is 31.0 Å². The minimum atomic E-state index is -3.95. The third kappa shape index (κ3) is 3.23. The molecule has 1 aliphatic heterocycles. The Balaban J connectivity index is 2.36. The average molecular weight is 347 g/mol. The first kappa shape index (κ1) is 16.7. The number of nitrogens with one attached hydrogen (secondary N) is 1. The third-order valence-electron chi connectivity index (χ3n) is 3.35. The summed E-state index contributed by atoms with van der Waals surface area (Å²) in [6, 6.07) is 2.82. The standard InChI is InChI=1S/C13H15ClN2O5S/c1-8(17)15-11-5-4-9(7-10(11)14)22(20,21)16-6-2-3-12(16)13(18)19/h4-5,7,12H,2-3,6H2,1H3,(H,15,17)(H,18,19)/t12-/m0/s1. The zero-order valence-corrected chi connectivity index (χ0v) is 13.3. The molecule has 1 saturated heterocycles. The third-order valence-corrected chi connectivity index (χ3v) is 5.56. The first-order chi connectivity index (χ1) is 10.2. The Morgan fingerprint density at radius 3 is 2.64 bits per heavy atom. The van der Waals surface area contributed by atoms with Gasteiger partial charge in [0.05, 0.1) is 15.6 Å². The molecule has 1 atom stereocenters. The molecule has 1 aliphatic rings. The second-order valence-corrected chi connectivity index (χ2v) is 7.23. The summed E-state index contributed by atoms with van der Waals surface area (Å²) >= 11 is 5.97. The maximum atomic E-state index is 12.6. The monoisotopic (exact) mass is 346 g/mol. The average Bonchev–Trinajstić information content (AvgIpc) is 2.90. The van der Waals surface area contributed by atoms with Crippen molar-refractivity contribution < 1.29 is 23.1 Å². The van der Waals surface area contributed by atoms with E-state index in [0.717, 1.165) is 4.31 Å². The Morgan fingerprint density at radius 2 is 2.09 bits per heavy atom. The van der Waals surface area contributed by atoms with E-state index < -0.39 is 22.0 Å². The Labute approximate surface area is 132 Å². The van der Waals surface area contributed by atoms with Crippen LogP contribution < -0.4 is 5.32 Å². The van der Waals surface area contributed by atoms with E-state index in [-0.39, 0.29) is 28.8 Å². The van der Waals surface area contributed by atoms with Gasteiger partial charge in [0.1, 0.15) is 6.04 Å². The minimum absolute atomic E-state index is 0.0716. The molecule has 22 heavy (non-hydrogen) atoms. The predicted molar refractivity (Wildman–Crippen MR) is 80.3 cm³/mol. The van der Waals surface area contributed by atoms with Crippen molar-refractivity contribution in [3.05, 3.63) is 23.2 Å². The van der Waals surface area contributed by atoms with Gasteiger partial charge in [-0.3, -0.25) is 9.59 Å².